The highest BCUT2D eigenvalue weighted by atomic mass is 16.6. The molecule has 0 aromatic carbocycles. The molecule has 2 atom stereocenters. The number of alkyl carbamates (subject to hydrolysis) is 1. The van der Waals surface area contributed by atoms with E-state index in [1.165, 1.54) is 0 Å². The Kier molecular flexibility index (Phi) is 3.55. The van der Waals surface area contributed by atoms with E-state index in [0.29, 0.717) is 6.42 Å². The topological polar surface area (TPSA) is 55.4 Å². The van der Waals surface area contributed by atoms with Crippen LogP contribution in [0.3, 0.4) is 0 Å². The molecule has 0 unspecified atom stereocenters. The Balaban J connectivity index is 2.51. The fourth-order valence-corrected chi connectivity index (χ4v) is 2.31. The second-order valence-electron chi connectivity index (χ2n) is 6.42. The molecule has 0 heterocycles. The zero-order valence-electron chi connectivity index (χ0n) is 11.6. The second-order valence-corrected chi connectivity index (χ2v) is 6.42. The number of carbonyl (C=O) groups excluding carboxylic acids is 2. The van der Waals surface area contributed by atoms with Crippen molar-refractivity contribution in [2.75, 3.05) is 0 Å². The van der Waals surface area contributed by atoms with Crippen LogP contribution in [0.2, 0.25) is 0 Å². The quantitative estimate of drug-likeness (QED) is 0.808. The molecule has 1 amide bonds. The first kappa shape index (κ1) is 14.0. The Morgan fingerprint density at radius 1 is 1.29 bits per heavy atom. The van der Waals surface area contributed by atoms with E-state index in [4.69, 9.17) is 4.74 Å². The summed E-state index contributed by atoms with van der Waals surface area (Å²) in [5, 5.41) is 2.83. The van der Waals surface area contributed by atoms with E-state index in [1.807, 2.05) is 34.6 Å². The van der Waals surface area contributed by atoms with Crippen molar-refractivity contribution in [3.8, 4) is 0 Å². The van der Waals surface area contributed by atoms with E-state index in [0.717, 1.165) is 0 Å². The fraction of sp³-hybridized carbons (Fsp3) is 0.846. The molecule has 1 rings (SSSR count). The van der Waals surface area contributed by atoms with Crippen LogP contribution < -0.4 is 5.32 Å². The Bertz CT molecular complexity index is 328. The summed E-state index contributed by atoms with van der Waals surface area (Å²) in [6.45, 7) is 11.1. The summed E-state index contributed by atoms with van der Waals surface area (Å²) in [4.78, 5) is 23.0. The average Bonchev–Trinajstić information content (AvgIpc) is 2.07. The third-order valence-corrected chi connectivity index (χ3v) is 3.45. The molecule has 98 valence electrons. The van der Waals surface area contributed by atoms with Crippen LogP contribution in [0.25, 0.3) is 0 Å². The van der Waals surface area contributed by atoms with E-state index in [1.54, 1.807) is 6.92 Å². The van der Waals surface area contributed by atoms with Gasteiger partial charge in [0.1, 0.15) is 11.4 Å². The van der Waals surface area contributed by atoms with Crippen LogP contribution in [-0.4, -0.2) is 23.5 Å². The number of hydrogen-bond donors (Lipinski definition) is 1. The molecule has 0 aromatic heterocycles. The van der Waals surface area contributed by atoms with Crippen LogP contribution in [0.4, 0.5) is 4.79 Å². The summed E-state index contributed by atoms with van der Waals surface area (Å²) in [6.07, 6.45) is 0.305. The number of ether oxygens (including phenoxy) is 1. The van der Waals surface area contributed by atoms with Crippen LogP contribution >= 0.6 is 0 Å². The largest absolute Gasteiger partial charge is 0.444 e. The van der Waals surface area contributed by atoms with E-state index in [9.17, 15) is 9.59 Å². The lowest BCUT2D eigenvalue weighted by Gasteiger charge is -2.51. The van der Waals surface area contributed by atoms with Crippen molar-refractivity contribution in [2.45, 2.75) is 59.6 Å². The highest BCUT2D eigenvalue weighted by molar-refractivity contribution is 5.81. The van der Waals surface area contributed by atoms with Crippen molar-refractivity contribution in [1.29, 1.82) is 0 Å². The minimum Gasteiger partial charge on any atom is -0.444 e. The lowest BCUT2D eigenvalue weighted by atomic mass is 9.57. The molecule has 0 aliphatic heterocycles. The average molecular weight is 241 g/mol. The van der Waals surface area contributed by atoms with Crippen molar-refractivity contribution in [1.82, 2.24) is 5.32 Å². The Morgan fingerprint density at radius 2 is 1.82 bits per heavy atom. The van der Waals surface area contributed by atoms with Gasteiger partial charge in [-0.15, -0.1) is 0 Å². The van der Waals surface area contributed by atoms with Gasteiger partial charge in [-0.05, 0) is 39.5 Å². The van der Waals surface area contributed by atoms with Crippen LogP contribution in [0.1, 0.15) is 48.0 Å². The number of ketones is 1. The van der Waals surface area contributed by atoms with Crippen molar-refractivity contribution < 1.29 is 14.3 Å². The summed E-state index contributed by atoms with van der Waals surface area (Å²) in [5.41, 5.74) is -0.666. The van der Waals surface area contributed by atoms with E-state index < -0.39 is 11.7 Å². The minimum absolute atomic E-state index is 0.0197. The lowest BCUT2D eigenvalue weighted by molar-refractivity contribution is -0.132. The first-order valence-electron chi connectivity index (χ1n) is 6.04. The predicted octanol–water partition coefficient (Wildman–Crippen LogP) is 2.51. The van der Waals surface area contributed by atoms with Crippen molar-refractivity contribution in [2.24, 2.45) is 11.3 Å². The maximum Gasteiger partial charge on any atom is 0.407 e. The number of carbonyl (C=O) groups is 2. The van der Waals surface area contributed by atoms with Crippen molar-refractivity contribution >= 4 is 11.9 Å². The zero-order chi connectivity index (χ0) is 13.4. The predicted molar refractivity (Wildman–Crippen MR) is 65.7 cm³/mol. The normalized spacial score (nSPS) is 26.9. The number of hydrogen-bond acceptors (Lipinski definition) is 3. The first-order chi connectivity index (χ1) is 7.54. The van der Waals surface area contributed by atoms with Crippen LogP contribution in [0, 0.1) is 11.3 Å². The van der Waals surface area contributed by atoms with Gasteiger partial charge in [0.15, 0.2) is 0 Å². The molecule has 1 saturated carbocycles. The highest BCUT2D eigenvalue weighted by Crippen LogP contribution is 2.46. The summed E-state index contributed by atoms with van der Waals surface area (Å²) in [7, 11) is 0. The molecule has 1 aliphatic rings. The molecule has 0 bridgehead atoms. The molecular weight excluding hydrogens is 218 g/mol. The summed E-state index contributed by atoms with van der Waals surface area (Å²) in [5.74, 6) is 0.236. The van der Waals surface area contributed by atoms with Gasteiger partial charge in [-0.3, -0.25) is 4.79 Å². The van der Waals surface area contributed by atoms with E-state index in [-0.39, 0.29) is 23.2 Å². The molecule has 17 heavy (non-hydrogen) atoms. The summed E-state index contributed by atoms with van der Waals surface area (Å²) >= 11 is 0. The minimum atomic E-state index is -0.488. The van der Waals surface area contributed by atoms with Gasteiger partial charge < -0.3 is 10.1 Å². The van der Waals surface area contributed by atoms with Gasteiger partial charge >= 0.3 is 6.09 Å². The third-order valence-electron chi connectivity index (χ3n) is 3.45. The standard InChI is InChI=1S/C13H23NO3/c1-8(15)9-7-10(13(9,5)6)14-11(16)17-12(2,3)4/h9-10H,7H2,1-6H3,(H,14,16)/t9-,10-/m0/s1. The molecule has 1 aliphatic carbocycles. The molecular formula is C13H23NO3. The lowest BCUT2D eigenvalue weighted by Crippen LogP contribution is -2.60. The van der Waals surface area contributed by atoms with Gasteiger partial charge in [-0.1, -0.05) is 13.8 Å². The van der Waals surface area contributed by atoms with Gasteiger partial charge in [-0.25, -0.2) is 4.79 Å². The van der Waals surface area contributed by atoms with Crippen LogP contribution in [-0.2, 0) is 9.53 Å². The van der Waals surface area contributed by atoms with Crippen molar-refractivity contribution in [3.05, 3.63) is 0 Å². The number of Topliss-reactive ketones (excluding diaryl/α,β-unsaturated/α-hetero) is 1. The fourth-order valence-electron chi connectivity index (χ4n) is 2.31. The monoisotopic (exact) mass is 241 g/mol. The Labute approximate surface area is 103 Å². The molecule has 0 aromatic rings. The second kappa shape index (κ2) is 4.31. The molecule has 0 saturated heterocycles. The molecule has 1 fully saturated rings. The molecule has 4 heteroatoms. The van der Waals surface area contributed by atoms with Gasteiger partial charge in [0.2, 0.25) is 0 Å². The van der Waals surface area contributed by atoms with E-state index in [2.05, 4.69) is 5.32 Å². The number of nitrogens with one attached hydrogen (secondary N) is 1. The van der Waals surface area contributed by atoms with Crippen molar-refractivity contribution in [3.63, 3.8) is 0 Å². The third kappa shape index (κ3) is 3.20. The van der Waals surface area contributed by atoms with Gasteiger partial charge in [0.05, 0.1) is 0 Å². The molecule has 0 radical (unpaired) electrons. The van der Waals surface area contributed by atoms with Crippen LogP contribution in [0.15, 0.2) is 0 Å². The zero-order valence-corrected chi connectivity index (χ0v) is 11.6. The summed E-state index contributed by atoms with van der Waals surface area (Å²) in [6, 6.07) is 0.0197. The van der Waals surface area contributed by atoms with E-state index >= 15 is 0 Å². The maximum atomic E-state index is 11.6. The van der Waals surface area contributed by atoms with Gasteiger partial charge in [0.25, 0.3) is 0 Å². The molecule has 4 nitrogen and oxygen atoms in total. The SMILES string of the molecule is CC(=O)[C@@H]1C[C@H](NC(=O)OC(C)(C)C)C1(C)C. The number of rotatable bonds is 2. The van der Waals surface area contributed by atoms with Gasteiger partial charge in [0, 0.05) is 12.0 Å². The maximum absolute atomic E-state index is 11.6. The smallest absolute Gasteiger partial charge is 0.407 e. The molecule has 0 spiro atoms. The highest BCUT2D eigenvalue weighted by Gasteiger charge is 2.51. The Hall–Kier alpha value is -1.06. The number of amides is 1. The summed E-state index contributed by atoms with van der Waals surface area (Å²) < 4.78 is 5.20. The Morgan fingerprint density at radius 3 is 2.18 bits per heavy atom. The van der Waals surface area contributed by atoms with Gasteiger partial charge in [-0.2, -0.15) is 0 Å². The first-order valence-corrected chi connectivity index (χ1v) is 6.04. The van der Waals surface area contributed by atoms with Crippen LogP contribution in [0.5, 0.6) is 0 Å². The molecule has 1 N–H and O–H groups in total.